The molecular weight excluding hydrogens is 716 g/mol. The number of hydrogen-bond donors (Lipinski definition) is 1. The van der Waals surface area contributed by atoms with Gasteiger partial charge in [-0.15, -0.1) is 0 Å². The van der Waals surface area contributed by atoms with E-state index in [1.165, 1.54) is 3.63 Å². The van der Waals surface area contributed by atoms with Crippen LogP contribution in [0.25, 0.3) is 0 Å². The fourth-order valence-electron chi connectivity index (χ4n) is 6.10. The number of alkyl halides is 1. The number of nitrogens with zero attached hydrogens (tertiary/aromatic N) is 4. The van der Waals surface area contributed by atoms with Crippen LogP contribution in [0, 0.1) is 19.7 Å². The van der Waals surface area contributed by atoms with Crippen molar-refractivity contribution in [2.75, 3.05) is 31.6 Å². The van der Waals surface area contributed by atoms with Crippen molar-refractivity contribution in [3.63, 3.8) is 0 Å². The first kappa shape index (κ1) is 33.5. The highest BCUT2D eigenvalue weighted by molar-refractivity contribution is 14.2. The molecule has 6 rings (SSSR count). The molecule has 2 saturated heterocycles. The second-order valence-electron chi connectivity index (χ2n) is 13.6. The minimum Gasteiger partial charge on any atom is -0.484 e. The average Bonchev–Trinajstić information content (AvgIpc) is 3.28. The molecule has 0 saturated carbocycles. The van der Waals surface area contributed by atoms with Crippen LogP contribution >= 0.6 is 20.7 Å². The van der Waals surface area contributed by atoms with E-state index < -0.39 is 32.4 Å². The monoisotopic (exact) mass is 759 g/mol. The van der Waals surface area contributed by atoms with E-state index in [0.29, 0.717) is 48.9 Å². The van der Waals surface area contributed by atoms with Crippen LogP contribution < -0.4 is 10.1 Å². The van der Waals surface area contributed by atoms with Crippen LogP contribution in [0.2, 0.25) is 0 Å². The first-order chi connectivity index (χ1) is 22.2. The fourth-order valence-corrected chi connectivity index (χ4v) is 9.10. The molecule has 0 spiro atoms. The second kappa shape index (κ2) is 12.9. The van der Waals surface area contributed by atoms with Crippen molar-refractivity contribution < 1.29 is 28.2 Å². The van der Waals surface area contributed by atoms with Crippen LogP contribution in [-0.4, -0.2) is 70.6 Å². The van der Waals surface area contributed by atoms with Crippen molar-refractivity contribution in [1.29, 1.82) is 0 Å². The summed E-state index contributed by atoms with van der Waals surface area (Å²) in [7, 11) is 1.80. The summed E-state index contributed by atoms with van der Waals surface area (Å²) in [6.45, 7) is 13.7. The van der Waals surface area contributed by atoms with Gasteiger partial charge in [-0.2, -0.15) is 5.10 Å². The number of amides is 2. The maximum Gasteiger partial charge on any atom is 0.411 e. The van der Waals surface area contributed by atoms with Crippen LogP contribution in [0.15, 0.2) is 42.6 Å². The van der Waals surface area contributed by atoms with Gasteiger partial charge in [0, 0.05) is 56.7 Å². The minimum absolute atomic E-state index is 0.230. The average molecular weight is 760 g/mol. The number of ether oxygens (including phenoxy) is 3. The highest BCUT2D eigenvalue weighted by Gasteiger charge is 2.55. The molecular formula is C35H43FIN5O5. The number of aryl methyl sites for hydroxylation is 3. The molecule has 3 aliphatic heterocycles. The summed E-state index contributed by atoms with van der Waals surface area (Å²) in [5.41, 5.74) is 2.76. The van der Waals surface area contributed by atoms with Crippen molar-refractivity contribution in [3.8, 4) is 5.75 Å². The number of nitrogens with one attached hydrogen (secondary N) is 1. The number of piperazine rings is 1. The highest BCUT2D eigenvalue weighted by atomic mass is 127. The van der Waals surface area contributed by atoms with Crippen LogP contribution in [0.5, 0.6) is 5.75 Å². The van der Waals surface area contributed by atoms with Gasteiger partial charge >= 0.3 is 6.09 Å². The summed E-state index contributed by atoms with van der Waals surface area (Å²) in [4.78, 5) is 30.6. The Morgan fingerprint density at radius 2 is 1.96 bits per heavy atom. The third-order valence-electron chi connectivity index (χ3n) is 8.66. The summed E-state index contributed by atoms with van der Waals surface area (Å²) in [5.74, 6) is 0.525. The van der Waals surface area contributed by atoms with Gasteiger partial charge in [0.15, 0.2) is 5.82 Å². The van der Waals surface area contributed by atoms with Crippen molar-refractivity contribution in [2.45, 2.75) is 75.7 Å². The van der Waals surface area contributed by atoms with E-state index in [9.17, 15) is 14.0 Å². The Balaban J connectivity index is 1.29. The Morgan fingerprint density at radius 1 is 1.17 bits per heavy atom. The standard InChI is InChI=1S/C35H43FIN5O5/c1-21-10-11-23(18-26(21)36)29(20-41-14-15-42(35(6)32(41)37-35)33(44)47-34(3,4)5)46-28-17-22(2)24(19-25(28)27-9-8-16-45-27)31(43)38-30-12-13-40(7)39-30/h10-13,17-19,27,29H,8-9,14-16,20H2,1-7H3,(H,38,39,43)/t27?,29-,35+/m1/s1. The van der Waals surface area contributed by atoms with Crippen molar-refractivity contribution >= 4 is 42.2 Å². The SMILES string of the molecule is Cc1ccc([C@@H](CN2CCN(C(=O)OC(C)(C)C)[C@]3(C)I=C23)Oc2cc(C)c(C(=O)Nc3ccn(C)n3)cc2C2CCCO2)cc1F. The lowest BCUT2D eigenvalue weighted by molar-refractivity contribution is 0.0160. The van der Waals surface area contributed by atoms with Gasteiger partial charge in [0.05, 0.1) is 9.74 Å². The first-order valence-electron chi connectivity index (χ1n) is 16.0. The van der Waals surface area contributed by atoms with Gasteiger partial charge < -0.3 is 19.5 Å². The van der Waals surface area contributed by atoms with Gasteiger partial charge in [0.2, 0.25) is 0 Å². The zero-order valence-electron chi connectivity index (χ0n) is 28.0. The number of aromatic nitrogens is 2. The normalized spacial score (nSPS) is 21.7. The van der Waals surface area contributed by atoms with Crippen molar-refractivity contribution in [3.05, 3.63) is 76.2 Å². The number of carbonyl (C=O) groups excluding carboxylic acids is 2. The van der Waals surface area contributed by atoms with Crippen LogP contribution in [0.3, 0.4) is 0 Å². The quantitative estimate of drug-likeness (QED) is 0.154. The van der Waals surface area contributed by atoms with Crippen LogP contribution in [-0.2, 0) is 16.5 Å². The lowest BCUT2D eigenvalue weighted by atomic mass is 9.97. The van der Waals surface area contributed by atoms with Gasteiger partial charge in [-0.05, 0) is 89.3 Å². The molecule has 47 heavy (non-hydrogen) atoms. The number of halogens is 2. The molecule has 1 unspecified atom stereocenters. The summed E-state index contributed by atoms with van der Waals surface area (Å²) < 4.78 is 36.3. The molecule has 2 aromatic carbocycles. The van der Waals surface area contributed by atoms with E-state index >= 15 is 0 Å². The summed E-state index contributed by atoms with van der Waals surface area (Å²) in [6.07, 6.45) is 2.44. The molecule has 2 fully saturated rings. The number of hydrogen-bond acceptors (Lipinski definition) is 7. The predicted molar refractivity (Wildman–Crippen MR) is 187 cm³/mol. The van der Waals surface area contributed by atoms with Gasteiger partial charge in [-0.25, -0.2) is 9.18 Å². The van der Waals surface area contributed by atoms with E-state index in [0.717, 1.165) is 29.5 Å². The number of fused-ring (bicyclic) bond motifs is 1. The second-order valence-corrected chi connectivity index (χ2v) is 17.2. The van der Waals surface area contributed by atoms with Gasteiger partial charge in [0.1, 0.15) is 26.8 Å². The molecule has 1 N–H and O–H groups in total. The van der Waals surface area contributed by atoms with E-state index in [-0.39, 0.29) is 27.5 Å². The van der Waals surface area contributed by atoms with Gasteiger partial charge in [-0.3, -0.25) is 19.3 Å². The molecule has 0 aliphatic carbocycles. The van der Waals surface area contributed by atoms with E-state index in [2.05, 4.69) is 22.2 Å². The van der Waals surface area contributed by atoms with Crippen molar-refractivity contribution in [1.82, 2.24) is 19.6 Å². The molecule has 3 aliphatic rings. The predicted octanol–water partition coefficient (Wildman–Crippen LogP) is 6.78. The first-order valence-corrected chi connectivity index (χ1v) is 18.2. The van der Waals surface area contributed by atoms with Crippen LogP contribution in [0.4, 0.5) is 15.0 Å². The summed E-state index contributed by atoms with van der Waals surface area (Å²) >= 11 is -0.429. The number of benzene rings is 2. The fraction of sp³-hybridized carbons (Fsp3) is 0.486. The van der Waals surface area contributed by atoms with E-state index in [4.69, 9.17) is 14.2 Å². The molecule has 252 valence electrons. The Kier molecular flexibility index (Phi) is 9.22. The van der Waals surface area contributed by atoms with Crippen LogP contribution in [0.1, 0.15) is 85.4 Å². The summed E-state index contributed by atoms with van der Waals surface area (Å²) in [5, 5.41) is 7.17. The highest BCUT2D eigenvalue weighted by Crippen LogP contribution is 2.51. The zero-order valence-corrected chi connectivity index (χ0v) is 30.2. The molecule has 3 aromatic rings. The molecule has 2 amide bonds. The Hall–Kier alpha value is -3.36. The molecule has 10 nitrogen and oxygen atoms in total. The zero-order chi connectivity index (χ0) is 33.7. The molecule has 0 bridgehead atoms. The molecule has 3 atom stereocenters. The Morgan fingerprint density at radius 3 is 2.62 bits per heavy atom. The molecule has 12 heteroatoms. The Labute approximate surface area is 285 Å². The third-order valence-corrected chi connectivity index (χ3v) is 12.5. The maximum absolute atomic E-state index is 15.0. The lowest BCUT2D eigenvalue weighted by Crippen LogP contribution is -2.57. The van der Waals surface area contributed by atoms with Crippen molar-refractivity contribution in [2.24, 2.45) is 7.05 Å². The minimum atomic E-state index is -0.570. The summed E-state index contributed by atoms with van der Waals surface area (Å²) in [6, 6.07) is 10.7. The van der Waals surface area contributed by atoms with E-state index in [1.54, 1.807) is 43.0 Å². The largest absolute Gasteiger partial charge is 0.484 e. The topological polar surface area (TPSA) is 98.2 Å². The van der Waals surface area contributed by atoms with Gasteiger partial charge in [-0.1, -0.05) is 32.9 Å². The smallest absolute Gasteiger partial charge is 0.411 e. The van der Waals surface area contributed by atoms with E-state index in [1.807, 2.05) is 50.8 Å². The maximum atomic E-state index is 15.0. The number of carbonyl (C=O) groups is 2. The molecule has 4 heterocycles. The Bertz CT molecular complexity index is 1730. The molecule has 0 radical (unpaired) electrons. The number of rotatable bonds is 8. The third kappa shape index (κ3) is 7.24. The molecule has 1 aromatic heterocycles. The number of anilines is 1. The lowest BCUT2D eigenvalue weighted by Gasteiger charge is -2.40. The van der Waals surface area contributed by atoms with Gasteiger partial charge in [0.25, 0.3) is 5.91 Å².